The minimum Gasteiger partial charge on any atom is -0.355 e. The van der Waals surface area contributed by atoms with E-state index in [1.54, 1.807) is 0 Å². The van der Waals surface area contributed by atoms with Crippen LogP contribution in [0, 0.1) is 0 Å². The largest absolute Gasteiger partial charge is 0.355 e. The smallest absolute Gasteiger partial charge is 0.224 e. The third-order valence-corrected chi connectivity index (χ3v) is 3.65. The molecule has 21 heavy (non-hydrogen) atoms. The van der Waals surface area contributed by atoms with Crippen molar-refractivity contribution in [1.29, 1.82) is 0 Å². The molecule has 0 fully saturated rings. The van der Waals surface area contributed by atoms with Crippen molar-refractivity contribution in [3.8, 4) is 0 Å². The topological polar surface area (TPSA) is 42.7 Å². The molecule has 0 amide bonds. The van der Waals surface area contributed by atoms with Crippen LogP contribution in [0.25, 0.3) is 10.8 Å². The van der Waals surface area contributed by atoms with Crippen LogP contribution >= 0.6 is 0 Å². The van der Waals surface area contributed by atoms with Crippen molar-refractivity contribution in [1.82, 2.24) is 14.8 Å². The molecule has 4 heteroatoms. The second-order valence-electron chi connectivity index (χ2n) is 5.07. The lowest BCUT2D eigenvalue weighted by molar-refractivity contribution is 0.716. The summed E-state index contributed by atoms with van der Waals surface area (Å²) in [6, 6.07) is 15.0. The zero-order valence-electron chi connectivity index (χ0n) is 12.5. The number of rotatable bonds is 5. The van der Waals surface area contributed by atoms with Gasteiger partial charge in [0.25, 0.3) is 0 Å². The van der Waals surface area contributed by atoms with Gasteiger partial charge in [0.2, 0.25) is 5.95 Å². The van der Waals surface area contributed by atoms with Crippen LogP contribution in [-0.4, -0.2) is 21.3 Å². The fraction of sp³-hybridized carbons (Fsp3) is 0.294. The van der Waals surface area contributed by atoms with Crippen LogP contribution in [0.5, 0.6) is 0 Å². The average Bonchev–Trinajstić information content (AvgIpc) is 2.89. The molecule has 0 aliphatic carbocycles. The summed E-state index contributed by atoms with van der Waals surface area (Å²) in [5, 5.41) is 14.4. The van der Waals surface area contributed by atoms with E-state index in [4.69, 9.17) is 0 Å². The molecule has 0 spiro atoms. The Balaban J connectivity index is 1.91. The fourth-order valence-electron chi connectivity index (χ4n) is 2.62. The Labute approximate surface area is 124 Å². The highest BCUT2D eigenvalue weighted by Gasteiger charge is 2.10. The van der Waals surface area contributed by atoms with Crippen molar-refractivity contribution in [3.63, 3.8) is 0 Å². The SMILES string of the molecule is CCNc1nnc(Cc2ccc3ccccc3c2)n1CC. The molecule has 0 bridgehead atoms. The predicted octanol–water partition coefficient (Wildman–Crippen LogP) is 3.47. The van der Waals surface area contributed by atoms with E-state index in [2.05, 4.69) is 76.4 Å². The van der Waals surface area contributed by atoms with Gasteiger partial charge in [-0.05, 0) is 30.2 Å². The zero-order valence-corrected chi connectivity index (χ0v) is 12.5. The number of hydrogen-bond acceptors (Lipinski definition) is 3. The molecular weight excluding hydrogens is 260 g/mol. The Hall–Kier alpha value is -2.36. The summed E-state index contributed by atoms with van der Waals surface area (Å²) in [4.78, 5) is 0. The predicted molar refractivity (Wildman–Crippen MR) is 86.6 cm³/mol. The van der Waals surface area contributed by atoms with E-state index in [0.29, 0.717) is 0 Å². The zero-order chi connectivity index (χ0) is 14.7. The monoisotopic (exact) mass is 280 g/mol. The Bertz CT molecular complexity index is 745. The van der Waals surface area contributed by atoms with E-state index < -0.39 is 0 Å². The Morgan fingerprint density at radius 3 is 2.57 bits per heavy atom. The van der Waals surface area contributed by atoms with E-state index in [1.165, 1.54) is 16.3 Å². The summed E-state index contributed by atoms with van der Waals surface area (Å²) < 4.78 is 2.14. The van der Waals surface area contributed by atoms with Crippen molar-refractivity contribution in [2.75, 3.05) is 11.9 Å². The maximum Gasteiger partial charge on any atom is 0.224 e. The molecule has 4 nitrogen and oxygen atoms in total. The quantitative estimate of drug-likeness (QED) is 0.778. The first-order valence-corrected chi connectivity index (χ1v) is 7.45. The third-order valence-electron chi connectivity index (χ3n) is 3.65. The molecular formula is C17H20N4. The van der Waals surface area contributed by atoms with Gasteiger partial charge in [-0.2, -0.15) is 0 Å². The molecule has 1 heterocycles. The number of hydrogen-bond donors (Lipinski definition) is 1. The normalized spacial score (nSPS) is 11.0. The minimum atomic E-state index is 0.803. The van der Waals surface area contributed by atoms with Crippen LogP contribution < -0.4 is 5.32 Å². The van der Waals surface area contributed by atoms with Crippen molar-refractivity contribution >= 4 is 16.7 Å². The molecule has 108 valence electrons. The molecule has 2 aromatic carbocycles. The maximum atomic E-state index is 4.33. The van der Waals surface area contributed by atoms with Crippen LogP contribution in [0.4, 0.5) is 5.95 Å². The number of nitrogens with zero attached hydrogens (tertiary/aromatic N) is 3. The van der Waals surface area contributed by atoms with Gasteiger partial charge in [-0.3, -0.25) is 4.57 Å². The van der Waals surface area contributed by atoms with Crippen molar-refractivity contribution in [2.24, 2.45) is 0 Å². The van der Waals surface area contributed by atoms with Gasteiger partial charge in [-0.1, -0.05) is 42.5 Å². The van der Waals surface area contributed by atoms with E-state index >= 15 is 0 Å². The molecule has 0 aliphatic rings. The van der Waals surface area contributed by atoms with Gasteiger partial charge in [0.05, 0.1) is 0 Å². The summed E-state index contributed by atoms with van der Waals surface area (Å²) in [6.45, 7) is 5.91. The van der Waals surface area contributed by atoms with Gasteiger partial charge in [-0.15, -0.1) is 10.2 Å². The van der Waals surface area contributed by atoms with Gasteiger partial charge >= 0.3 is 0 Å². The van der Waals surface area contributed by atoms with Gasteiger partial charge in [0.15, 0.2) is 0 Å². The second-order valence-corrected chi connectivity index (χ2v) is 5.07. The van der Waals surface area contributed by atoms with Crippen molar-refractivity contribution in [3.05, 3.63) is 53.9 Å². The van der Waals surface area contributed by atoms with Crippen LogP contribution in [0.3, 0.4) is 0 Å². The molecule has 0 saturated heterocycles. The lowest BCUT2D eigenvalue weighted by Crippen LogP contribution is -2.08. The standard InChI is InChI=1S/C17H20N4/c1-3-18-17-20-19-16(21(17)4-2)12-13-9-10-14-7-5-6-8-15(14)11-13/h5-11H,3-4,12H2,1-2H3,(H,18,20). The first kappa shape index (κ1) is 13.6. The van der Waals surface area contributed by atoms with E-state index in [0.717, 1.165) is 31.3 Å². The summed E-state index contributed by atoms with van der Waals surface area (Å²) in [5.74, 6) is 1.86. The molecule has 1 aromatic heterocycles. The highest BCUT2D eigenvalue weighted by Crippen LogP contribution is 2.18. The molecule has 0 radical (unpaired) electrons. The summed E-state index contributed by atoms with van der Waals surface area (Å²) in [6.07, 6.45) is 0.803. The van der Waals surface area contributed by atoms with Crippen LogP contribution in [0.1, 0.15) is 25.2 Å². The average molecular weight is 280 g/mol. The lowest BCUT2D eigenvalue weighted by Gasteiger charge is -2.08. The third kappa shape index (κ3) is 2.75. The Morgan fingerprint density at radius 2 is 1.81 bits per heavy atom. The first-order chi connectivity index (χ1) is 10.3. The van der Waals surface area contributed by atoms with E-state index in [9.17, 15) is 0 Å². The van der Waals surface area contributed by atoms with Crippen molar-refractivity contribution < 1.29 is 0 Å². The maximum absolute atomic E-state index is 4.33. The second kappa shape index (κ2) is 5.95. The number of benzene rings is 2. The molecule has 0 aliphatic heterocycles. The van der Waals surface area contributed by atoms with E-state index in [1.807, 2.05) is 0 Å². The highest BCUT2D eigenvalue weighted by atomic mass is 15.3. The number of nitrogens with one attached hydrogen (secondary N) is 1. The highest BCUT2D eigenvalue weighted by molar-refractivity contribution is 5.83. The number of anilines is 1. The Kier molecular flexibility index (Phi) is 3.86. The number of aromatic nitrogens is 3. The van der Waals surface area contributed by atoms with Crippen molar-refractivity contribution in [2.45, 2.75) is 26.8 Å². The van der Waals surface area contributed by atoms with Crippen LogP contribution in [0.15, 0.2) is 42.5 Å². The van der Waals surface area contributed by atoms with Gasteiger partial charge < -0.3 is 5.32 Å². The Morgan fingerprint density at radius 1 is 1.00 bits per heavy atom. The van der Waals surface area contributed by atoms with Gasteiger partial charge in [0, 0.05) is 19.5 Å². The molecule has 3 aromatic rings. The molecule has 0 atom stereocenters. The van der Waals surface area contributed by atoms with Gasteiger partial charge in [0.1, 0.15) is 5.82 Å². The molecule has 0 unspecified atom stereocenters. The van der Waals surface area contributed by atoms with Crippen LogP contribution in [-0.2, 0) is 13.0 Å². The first-order valence-electron chi connectivity index (χ1n) is 7.45. The minimum absolute atomic E-state index is 0.803. The summed E-state index contributed by atoms with van der Waals surface area (Å²) >= 11 is 0. The summed E-state index contributed by atoms with van der Waals surface area (Å²) in [7, 11) is 0. The molecule has 1 N–H and O–H groups in total. The van der Waals surface area contributed by atoms with Crippen LogP contribution in [0.2, 0.25) is 0 Å². The van der Waals surface area contributed by atoms with E-state index in [-0.39, 0.29) is 0 Å². The lowest BCUT2D eigenvalue weighted by atomic mass is 10.0. The molecule has 3 rings (SSSR count). The van der Waals surface area contributed by atoms with Gasteiger partial charge in [-0.25, -0.2) is 0 Å². The molecule has 0 saturated carbocycles. The number of fused-ring (bicyclic) bond motifs is 1. The fourth-order valence-corrected chi connectivity index (χ4v) is 2.62. The summed E-state index contributed by atoms with van der Waals surface area (Å²) in [5.41, 5.74) is 1.26.